The Hall–Kier alpha value is -1.59. The fraction of sp³-hybridized carbons (Fsp3) is 0.533. The van der Waals surface area contributed by atoms with Crippen LogP contribution in [0.3, 0.4) is 0 Å². The molecule has 20 heavy (non-hydrogen) atoms. The first-order valence-electron chi connectivity index (χ1n) is 6.69. The van der Waals surface area contributed by atoms with Crippen LogP contribution in [0.4, 0.5) is 0 Å². The highest BCUT2D eigenvalue weighted by Gasteiger charge is 2.15. The van der Waals surface area contributed by atoms with Gasteiger partial charge in [0.2, 0.25) is 6.41 Å². The van der Waals surface area contributed by atoms with Gasteiger partial charge in [-0.3, -0.25) is 9.63 Å². The molecule has 0 unspecified atom stereocenters. The van der Waals surface area contributed by atoms with E-state index in [9.17, 15) is 4.79 Å². The molecule has 0 aliphatic carbocycles. The number of amides is 1. The first-order chi connectivity index (χ1) is 9.44. The Labute approximate surface area is 120 Å². The summed E-state index contributed by atoms with van der Waals surface area (Å²) in [6.45, 7) is 7.65. The van der Waals surface area contributed by atoms with E-state index in [0.717, 1.165) is 12.3 Å². The molecule has 1 rings (SSSR count). The van der Waals surface area contributed by atoms with Crippen molar-refractivity contribution in [2.24, 2.45) is 0 Å². The number of hydrogen-bond donors (Lipinski definition) is 1. The topological polar surface area (TPSA) is 50.8 Å². The predicted molar refractivity (Wildman–Crippen MR) is 78.3 cm³/mol. The van der Waals surface area contributed by atoms with E-state index in [-0.39, 0.29) is 5.60 Å². The van der Waals surface area contributed by atoms with E-state index in [1.54, 1.807) is 7.11 Å². The number of carbonyl (C=O) groups excluding carboxylic acids is 1. The van der Waals surface area contributed by atoms with E-state index >= 15 is 0 Å². The first kappa shape index (κ1) is 16.5. The fourth-order valence-electron chi connectivity index (χ4n) is 1.64. The molecule has 0 radical (unpaired) electrons. The second-order valence-electron chi connectivity index (χ2n) is 5.47. The van der Waals surface area contributed by atoms with Gasteiger partial charge in [-0.15, -0.1) is 0 Å². The molecular formula is C15H24N2O3. The summed E-state index contributed by atoms with van der Waals surface area (Å²) in [5.74, 6) is 0.847. The number of methoxy groups -OCH3 is 1. The van der Waals surface area contributed by atoms with Gasteiger partial charge in [-0.05, 0) is 38.5 Å². The van der Waals surface area contributed by atoms with Crippen LogP contribution < -0.4 is 10.1 Å². The van der Waals surface area contributed by atoms with Gasteiger partial charge >= 0.3 is 0 Å². The third-order valence-electron chi connectivity index (χ3n) is 2.51. The van der Waals surface area contributed by atoms with E-state index in [4.69, 9.17) is 9.57 Å². The Morgan fingerprint density at radius 3 is 2.40 bits per heavy atom. The number of nitrogens with one attached hydrogen (secondary N) is 1. The van der Waals surface area contributed by atoms with E-state index < -0.39 is 0 Å². The third kappa shape index (κ3) is 6.54. The molecule has 0 aliphatic rings. The average molecular weight is 280 g/mol. The summed E-state index contributed by atoms with van der Waals surface area (Å²) in [5.41, 5.74) is 0.803. The van der Waals surface area contributed by atoms with Crippen LogP contribution in [0, 0.1) is 0 Å². The molecular weight excluding hydrogens is 256 g/mol. The summed E-state index contributed by atoms with van der Waals surface area (Å²) < 4.78 is 5.10. The summed E-state index contributed by atoms with van der Waals surface area (Å²) in [6, 6.07) is 7.87. The highest BCUT2D eigenvalue weighted by atomic mass is 16.7. The van der Waals surface area contributed by atoms with Crippen LogP contribution in [0.1, 0.15) is 26.3 Å². The Kier molecular flexibility index (Phi) is 6.48. The highest BCUT2D eigenvalue weighted by molar-refractivity contribution is 5.45. The van der Waals surface area contributed by atoms with E-state index in [1.807, 2.05) is 45.0 Å². The maximum absolute atomic E-state index is 10.9. The Morgan fingerprint density at radius 2 is 1.90 bits per heavy atom. The molecule has 1 aromatic carbocycles. The molecule has 112 valence electrons. The number of nitrogens with zero attached hydrogens (tertiary/aromatic N) is 1. The quantitative estimate of drug-likeness (QED) is 0.449. The lowest BCUT2D eigenvalue weighted by Gasteiger charge is -2.26. The molecule has 0 bridgehead atoms. The molecule has 1 amide bonds. The van der Waals surface area contributed by atoms with Gasteiger partial charge < -0.3 is 10.1 Å². The fourth-order valence-corrected chi connectivity index (χ4v) is 1.64. The molecule has 0 aliphatic heterocycles. The molecule has 0 spiro atoms. The average Bonchev–Trinajstić information content (AvgIpc) is 2.41. The SMILES string of the molecule is COc1ccc(CNCCN(C=O)OC(C)(C)C)cc1. The Morgan fingerprint density at radius 1 is 1.25 bits per heavy atom. The molecule has 5 heteroatoms. The van der Waals surface area contributed by atoms with Gasteiger partial charge in [0.25, 0.3) is 0 Å². The van der Waals surface area contributed by atoms with Crippen molar-refractivity contribution in [1.82, 2.24) is 10.4 Å². The van der Waals surface area contributed by atoms with E-state index in [1.165, 1.54) is 10.6 Å². The lowest BCUT2D eigenvalue weighted by Crippen LogP contribution is -2.37. The lowest BCUT2D eigenvalue weighted by atomic mass is 10.2. The number of ether oxygens (including phenoxy) is 1. The number of rotatable bonds is 8. The van der Waals surface area contributed by atoms with Crippen molar-refractivity contribution in [1.29, 1.82) is 0 Å². The molecule has 0 atom stereocenters. The van der Waals surface area contributed by atoms with Gasteiger partial charge in [-0.2, -0.15) is 0 Å². The Bertz CT molecular complexity index is 399. The van der Waals surface area contributed by atoms with Crippen molar-refractivity contribution in [3.8, 4) is 5.75 Å². The molecule has 5 nitrogen and oxygen atoms in total. The van der Waals surface area contributed by atoms with Gasteiger partial charge in [-0.25, -0.2) is 5.06 Å². The monoisotopic (exact) mass is 280 g/mol. The zero-order valence-electron chi connectivity index (χ0n) is 12.7. The maximum atomic E-state index is 10.9. The Balaban J connectivity index is 2.27. The molecule has 0 saturated heterocycles. The summed E-state index contributed by atoms with van der Waals surface area (Å²) in [4.78, 5) is 16.4. The zero-order valence-corrected chi connectivity index (χ0v) is 12.7. The van der Waals surface area contributed by atoms with Crippen molar-refractivity contribution in [2.45, 2.75) is 32.9 Å². The molecule has 0 saturated carbocycles. The minimum absolute atomic E-state index is 0.364. The van der Waals surface area contributed by atoms with Gasteiger partial charge in [-0.1, -0.05) is 12.1 Å². The first-order valence-corrected chi connectivity index (χ1v) is 6.69. The summed E-state index contributed by atoms with van der Waals surface area (Å²) in [6.07, 6.45) is 0.709. The normalized spacial score (nSPS) is 11.2. The molecule has 0 fully saturated rings. The third-order valence-corrected chi connectivity index (χ3v) is 2.51. The van der Waals surface area contributed by atoms with Crippen LogP contribution in [-0.2, 0) is 16.2 Å². The van der Waals surface area contributed by atoms with Gasteiger partial charge in [0, 0.05) is 13.1 Å². The van der Waals surface area contributed by atoms with E-state index in [0.29, 0.717) is 19.5 Å². The van der Waals surface area contributed by atoms with Crippen LogP contribution >= 0.6 is 0 Å². The van der Waals surface area contributed by atoms with Gasteiger partial charge in [0.15, 0.2) is 0 Å². The predicted octanol–water partition coefficient (Wildman–Crippen LogP) is 1.97. The van der Waals surface area contributed by atoms with Crippen molar-refractivity contribution in [2.75, 3.05) is 20.2 Å². The standard InChI is InChI=1S/C15H24N2O3/c1-15(2,3)20-17(12-18)10-9-16-11-13-5-7-14(19-4)8-6-13/h5-8,12,16H,9-11H2,1-4H3. The van der Waals surface area contributed by atoms with Gasteiger partial charge in [0.05, 0.1) is 19.3 Å². The number of hydroxylamine groups is 2. The maximum Gasteiger partial charge on any atom is 0.233 e. The number of benzene rings is 1. The van der Waals surface area contributed by atoms with Crippen molar-refractivity contribution < 1.29 is 14.4 Å². The molecule has 1 aromatic rings. The molecule has 0 aromatic heterocycles. The van der Waals surface area contributed by atoms with Crippen molar-refractivity contribution in [3.05, 3.63) is 29.8 Å². The van der Waals surface area contributed by atoms with Crippen molar-refractivity contribution in [3.63, 3.8) is 0 Å². The van der Waals surface area contributed by atoms with Crippen LogP contribution in [0.15, 0.2) is 24.3 Å². The second-order valence-corrected chi connectivity index (χ2v) is 5.47. The lowest BCUT2D eigenvalue weighted by molar-refractivity contribution is -0.215. The number of carbonyl (C=O) groups is 1. The minimum Gasteiger partial charge on any atom is -0.497 e. The number of hydrogen-bond acceptors (Lipinski definition) is 4. The summed E-state index contributed by atoms with van der Waals surface area (Å²) in [5, 5.41) is 4.59. The van der Waals surface area contributed by atoms with Crippen LogP contribution in [0.2, 0.25) is 0 Å². The summed E-state index contributed by atoms with van der Waals surface area (Å²) >= 11 is 0. The van der Waals surface area contributed by atoms with Crippen LogP contribution in [0.25, 0.3) is 0 Å². The summed E-state index contributed by atoms with van der Waals surface area (Å²) in [7, 11) is 1.65. The minimum atomic E-state index is -0.364. The van der Waals surface area contributed by atoms with E-state index in [2.05, 4.69) is 5.32 Å². The zero-order chi connectivity index (χ0) is 15.0. The van der Waals surface area contributed by atoms with Gasteiger partial charge in [0.1, 0.15) is 5.75 Å². The second kappa shape index (κ2) is 7.87. The van der Waals surface area contributed by atoms with Crippen molar-refractivity contribution >= 4 is 6.41 Å². The van der Waals surface area contributed by atoms with Crippen LogP contribution in [-0.4, -0.2) is 37.3 Å². The smallest absolute Gasteiger partial charge is 0.233 e. The largest absolute Gasteiger partial charge is 0.497 e. The molecule has 1 N–H and O–H groups in total. The highest BCUT2D eigenvalue weighted by Crippen LogP contribution is 2.11. The molecule has 0 heterocycles. The van der Waals surface area contributed by atoms with Crippen LogP contribution in [0.5, 0.6) is 5.75 Å².